The van der Waals surface area contributed by atoms with E-state index in [1.807, 2.05) is 6.92 Å². The van der Waals surface area contributed by atoms with Crippen molar-refractivity contribution in [3.63, 3.8) is 0 Å². The van der Waals surface area contributed by atoms with Gasteiger partial charge in [-0.2, -0.15) is 0 Å². The maximum Gasteiger partial charge on any atom is 0.341 e. The van der Waals surface area contributed by atoms with E-state index in [0.29, 0.717) is 18.4 Å². The van der Waals surface area contributed by atoms with Gasteiger partial charge in [0.15, 0.2) is 0 Å². The molecular formula is C9H14O3. The van der Waals surface area contributed by atoms with E-state index < -0.39 is 11.9 Å². The van der Waals surface area contributed by atoms with Crippen LogP contribution in [0.2, 0.25) is 0 Å². The van der Waals surface area contributed by atoms with Gasteiger partial charge in [-0.3, -0.25) is 4.79 Å². The second kappa shape index (κ2) is 5.52. The third-order valence-electron chi connectivity index (χ3n) is 1.42. The topological polar surface area (TPSA) is 43.4 Å². The Kier molecular flexibility index (Phi) is 5.00. The van der Waals surface area contributed by atoms with Gasteiger partial charge in [0.25, 0.3) is 0 Å². The first-order valence-electron chi connectivity index (χ1n) is 3.99. The van der Waals surface area contributed by atoms with Crippen molar-refractivity contribution in [1.82, 2.24) is 0 Å². The number of carbonyl (C=O) groups excluding carboxylic acids is 2. The van der Waals surface area contributed by atoms with Crippen LogP contribution in [0.15, 0.2) is 11.6 Å². The Morgan fingerprint density at radius 2 is 2.00 bits per heavy atom. The summed E-state index contributed by atoms with van der Waals surface area (Å²) in [5.74, 6) is -1.00. The lowest BCUT2D eigenvalue weighted by Crippen LogP contribution is -2.12. The molecular weight excluding hydrogens is 156 g/mol. The van der Waals surface area contributed by atoms with Crippen LogP contribution in [0.25, 0.3) is 0 Å². The minimum Gasteiger partial charge on any atom is -0.390 e. The number of rotatable bonds is 3. The zero-order valence-corrected chi connectivity index (χ0v) is 7.72. The van der Waals surface area contributed by atoms with Gasteiger partial charge in [-0.1, -0.05) is 13.0 Å². The number of hydrogen-bond donors (Lipinski definition) is 0. The van der Waals surface area contributed by atoms with Gasteiger partial charge in [-0.25, -0.2) is 4.79 Å². The van der Waals surface area contributed by atoms with Gasteiger partial charge in [-0.15, -0.1) is 0 Å². The molecule has 0 aliphatic rings. The van der Waals surface area contributed by atoms with Crippen molar-refractivity contribution in [2.75, 3.05) is 0 Å². The van der Waals surface area contributed by atoms with E-state index in [-0.39, 0.29) is 0 Å². The van der Waals surface area contributed by atoms with Crippen molar-refractivity contribution in [2.24, 2.45) is 0 Å². The molecule has 12 heavy (non-hydrogen) atoms. The van der Waals surface area contributed by atoms with E-state index in [2.05, 4.69) is 4.74 Å². The Morgan fingerprint density at radius 1 is 1.42 bits per heavy atom. The van der Waals surface area contributed by atoms with Crippen molar-refractivity contribution >= 4 is 11.9 Å². The number of hydrogen-bond acceptors (Lipinski definition) is 3. The predicted octanol–water partition coefficient (Wildman–Crippen LogP) is 1.82. The molecule has 0 aromatic carbocycles. The van der Waals surface area contributed by atoms with E-state index >= 15 is 0 Å². The van der Waals surface area contributed by atoms with Crippen LogP contribution in [0.3, 0.4) is 0 Å². The Morgan fingerprint density at radius 3 is 2.42 bits per heavy atom. The molecule has 0 bridgehead atoms. The van der Waals surface area contributed by atoms with E-state index in [9.17, 15) is 9.59 Å². The summed E-state index contributed by atoms with van der Waals surface area (Å²) in [5.41, 5.74) is 0.458. The number of allylic oxidation sites excluding steroid dienone is 1. The van der Waals surface area contributed by atoms with Gasteiger partial charge < -0.3 is 4.74 Å². The summed E-state index contributed by atoms with van der Waals surface area (Å²) >= 11 is 0. The highest BCUT2D eigenvalue weighted by molar-refractivity contribution is 5.95. The van der Waals surface area contributed by atoms with E-state index in [0.717, 1.165) is 0 Å². The SMILES string of the molecule is C/C=C(\C)C(=O)OC(=O)CCC. The third kappa shape index (κ3) is 3.91. The lowest BCUT2D eigenvalue weighted by Gasteiger charge is -2.00. The third-order valence-corrected chi connectivity index (χ3v) is 1.42. The lowest BCUT2D eigenvalue weighted by molar-refractivity contribution is -0.156. The summed E-state index contributed by atoms with van der Waals surface area (Å²) in [6.45, 7) is 5.19. The molecule has 0 N–H and O–H groups in total. The highest BCUT2D eigenvalue weighted by atomic mass is 16.6. The molecule has 0 saturated carbocycles. The Hall–Kier alpha value is -1.12. The van der Waals surface area contributed by atoms with Gasteiger partial charge in [0, 0.05) is 12.0 Å². The fraction of sp³-hybridized carbons (Fsp3) is 0.556. The summed E-state index contributed by atoms with van der Waals surface area (Å²) in [5, 5.41) is 0. The standard InChI is InChI=1S/C9H14O3/c1-4-6-8(10)12-9(11)7(3)5-2/h5H,4,6H2,1-3H3/b7-5+. The summed E-state index contributed by atoms with van der Waals surface area (Å²) in [6, 6.07) is 0. The quantitative estimate of drug-likeness (QED) is 0.368. The van der Waals surface area contributed by atoms with Crippen molar-refractivity contribution in [2.45, 2.75) is 33.6 Å². The van der Waals surface area contributed by atoms with Gasteiger partial charge in [0.1, 0.15) is 0 Å². The van der Waals surface area contributed by atoms with Crippen molar-refractivity contribution in [1.29, 1.82) is 0 Å². The first kappa shape index (κ1) is 10.9. The fourth-order valence-electron chi connectivity index (χ4n) is 0.557. The van der Waals surface area contributed by atoms with Gasteiger partial charge in [-0.05, 0) is 20.3 Å². The summed E-state index contributed by atoms with van der Waals surface area (Å²) < 4.78 is 4.50. The van der Waals surface area contributed by atoms with Crippen LogP contribution in [-0.4, -0.2) is 11.9 Å². The normalized spacial score (nSPS) is 11.1. The molecule has 0 aliphatic heterocycles. The molecule has 0 fully saturated rings. The summed E-state index contributed by atoms with van der Waals surface area (Å²) in [4.78, 5) is 21.8. The molecule has 0 aliphatic carbocycles. The van der Waals surface area contributed by atoms with Crippen LogP contribution in [0, 0.1) is 0 Å². The Balaban J connectivity index is 3.93. The molecule has 3 heteroatoms. The molecule has 0 atom stereocenters. The van der Waals surface area contributed by atoms with Crippen LogP contribution < -0.4 is 0 Å². The van der Waals surface area contributed by atoms with Crippen LogP contribution in [0.4, 0.5) is 0 Å². The molecule has 0 amide bonds. The molecule has 68 valence electrons. The first-order valence-corrected chi connectivity index (χ1v) is 3.99. The van der Waals surface area contributed by atoms with E-state index in [1.54, 1.807) is 19.9 Å². The molecule has 3 nitrogen and oxygen atoms in total. The molecule has 0 spiro atoms. The van der Waals surface area contributed by atoms with Crippen LogP contribution >= 0.6 is 0 Å². The van der Waals surface area contributed by atoms with E-state index in [1.165, 1.54) is 0 Å². The largest absolute Gasteiger partial charge is 0.390 e. The van der Waals surface area contributed by atoms with E-state index in [4.69, 9.17) is 0 Å². The second-order valence-electron chi connectivity index (χ2n) is 2.48. The number of esters is 2. The monoisotopic (exact) mass is 170 g/mol. The molecule has 0 aromatic rings. The first-order chi connectivity index (χ1) is 5.61. The zero-order valence-electron chi connectivity index (χ0n) is 7.72. The zero-order chi connectivity index (χ0) is 9.56. The van der Waals surface area contributed by atoms with Crippen molar-refractivity contribution in [3.8, 4) is 0 Å². The smallest absolute Gasteiger partial charge is 0.341 e. The molecule has 0 radical (unpaired) electrons. The predicted molar refractivity (Wildman–Crippen MR) is 45.4 cm³/mol. The second-order valence-corrected chi connectivity index (χ2v) is 2.48. The Labute approximate surface area is 72.4 Å². The molecule has 0 aromatic heterocycles. The highest BCUT2D eigenvalue weighted by Gasteiger charge is 2.09. The van der Waals surface area contributed by atoms with Gasteiger partial charge in [0.2, 0.25) is 0 Å². The number of carbonyl (C=O) groups is 2. The van der Waals surface area contributed by atoms with Gasteiger partial charge in [0.05, 0.1) is 0 Å². The molecule has 0 heterocycles. The van der Waals surface area contributed by atoms with Crippen LogP contribution in [0.5, 0.6) is 0 Å². The summed E-state index contributed by atoms with van der Waals surface area (Å²) in [6.07, 6.45) is 2.60. The maximum absolute atomic E-state index is 10.9. The minimum atomic E-state index is -0.545. The fourth-order valence-corrected chi connectivity index (χ4v) is 0.557. The van der Waals surface area contributed by atoms with Crippen LogP contribution in [0.1, 0.15) is 33.6 Å². The Bertz CT molecular complexity index is 204. The van der Waals surface area contributed by atoms with Gasteiger partial charge >= 0.3 is 11.9 Å². The molecule has 0 rings (SSSR count). The summed E-state index contributed by atoms with van der Waals surface area (Å²) in [7, 11) is 0. The molecule has 0 saturated heterocycles. The van der Waals surface area contributed by atoms with Crippen molar-refractivity contribution < 1.29 is 14.3 Å². The van der Waals surface area contributed by atoms with Crippen LogP contribution in [-0.2, 0) is 14.3 Å². The highest BCUT2D eigenvalue weighted by Crippen LogP contribution is 1.99. The maximum atomic E-state index is 10.9. The average Bonchev–Trinajstić information content (AvgIpc) is 2.03. The van der Waals surface area contributed by atoms with Crippen molar-refractivity contribution in [3.05, 3.63) is 11.6 Å². The number of ether oxygens (including phenoxy) is 1. The lowest BCUT2D eigenvalue weighted by atomic mass is 10.3. The molecule has 0 unspecified atom stereocenters. The average molecular weight is 170 g/mol. The minimum absolute atomic E-state index is 0.294.